The predicted molar refractivity (Wildman–Crippen MR) is 134 cm³/mol. The van der Waals surface area contributed by atoms with Gasteiger partial charge in [0.1, 0.15) is 12.4 Å². The van der Waals surface area contributed by atoms with E-state index in [1.807, 2.05) is 23.6 Å². The zero-order valence-corrected chi connectivity index (χ0v) is 21.1. The largest absolute Gasteiger partial charge is 0.490 e. The number of esters is 2. The van der Waals surface area contributed by atoms with Gasteiger partial charge in [0.25, 0.3) is 0 Å². The smallest absolute Gasteiger partial charge is 0.339 e. The van der Waals surface area contributed by atoms with Gasteiger partial charge in [0, 0.05) is 19.3 Å². The molecule has 0 saturated heterocycles. The fourth-order valence-corrected chi connectivity index (χ4v) is 3.71. The van der Waals surface area contributed by atoms with E-state index >= 15 is 0 Å². The number of hydrogen-bond donors (Lipinski definition) is 0. The minimum Gasteiger partial charge on any atom is -0.490 e. The third-order valence-electron chi connectivity index (χ3n) is 5.64. The Kier molecular flexibility index (Phi) is 12.9. The first kappa shape index (κ1) is 27.5. The van der Waals surface area contributed by atoms with Crippen molar-refractivity contribution < 1.29 is 23.8 Å². The van der Waals surface area contributed by atoms with E-state index in [2.05, 4.69) is 19.1 Å². The minimum atomic E-state index is -0.475. The number of ether oxygens (including phenoxy) is 3. The number of hydrogen-bond acceptors (Lipinski definition) is 5. The second kappa shape index (κ2) is 16.0. The van der Waals surface area contributed by atoms with Crippen LogP contribution in [0.5, 0.6) is 5.75 Å². The van der Waals surface area contributed by atoms with E-state index in [-0.39, 0.29) is 18.5 Å². The van der Waals surface area contributed by atoms with Crippen LogP contribution in [-0.2, 0) is 27.2 Å². The maximum Gasteiger partial charge on any atom is 0.339 e. The number of aromatic nitrogens is 1. The molecule has 0 N–H and O–H groups in total. The summed E-state index contributed by atoms with van der Waals surface area (Å²) in [6.07, 6.45) is 13.7. The van der Waals surface area contributed by atoms with Crippen LogP contribution in [0, 0.1) is 0 Å². The molecule has 1 atom stereocenters. The highest BCUT2D eigenvalue weighted by molar-refractivity contribution is 5.89. The molecule has 6 nitrogen and oxygen atoms in total. The zero-order valence-electron chi connectivity index (χ0n) is 21.1. The van der Waals surface area contributed by atoms with Crippen LogP contribution in [0.4, 0.5) is 0 Å². The van der Waals surface area contributed by atoms with Gasteiger partial charge in [-0.05, 0) is 43.0 Å². The van der Waals surface area contributed by atoms with Crippen LogP contribution in [0.1, 0.15) is 88.1 Å². The summed E-state index contributed by atoms with van der Waals surface area (Å²) in [7, 11) is 0. The first-order valence-electron chi connectivity index (χ1n) is 12.7. The highest BCUT2D eigenvalue weighted by atomic mass is 16.6. The molecule has 0 spiro atoms. The summed E-state index contributed by atoms with van der Waals surface area (Å²) in [5.74, 6) is 0.0410. The van der Waals surface area contributed by atoms with Crippen molar-refractivity contribution in [3.8, 4) is 5.75 Å². The first-order chi connectivity index (χ1) is 16.5. The number of benzene rings is 1. The molecule has 1 heterocycles. The molecule has 1 unspecified atom stereocenters. The van der Waals surface area contributed by atoms with Crippen molar-refractivity contribution in [3.05, 3.63) is 53.9 Å². The van der Waals surface area contributed by atoms with Crippen LogP contribution in [0.3, 0.4) is 0 Å². The molecular weight excluding hydrogens is 430 g/mol. The van der Waals surface area contributed by atoms with Gasteiger partial charge < -0.3 is 18.8 Å². The Morgan fingerprint density at radius 1 is 0.912 bits per heavy atom. The fourth-order valence-electron chi connectivity index (χ4n) is 3.71. The molecule has 1 aromatic carbocycles. The predicted octanol–water partition coefficient (Wildman–Crippen LogP) is 6.36. The zero-order chi connectivity index (χ0) is 24.6. The molecule has 34 heavy (non-hydrogen) atoms. The summed E-state index contributed by atoms with van der Waals surface area (Å²) < 4.78 is 18.4. The van der Waals surface area contributed by atoms with Crippen molar-refractivity contribution in [2.75, 3.05) is 13.2 Å². The normalized spacial score (nSPS) is 11.7. The van der Waals surface area contributed by atoms with Gasteiger partial charge in [0.05, 0.1) is 18.7 Å². The van der Waals surface area contributed by atoms with Gasteiger partial charge in [0.2, 0.25) is 0 Å². The van der Waals surface area contributed by atoms with Gasteiger partial charge in [-0.15, -0.1) is 0 Å². The Hall–Kier alpha value is -2.76. The molecule has 0 fully saturated rings. The van der Waals surface area contributed by atoms with Crippen molar-refractivity contribution in [2.45, 2.75) is 91.2 Å². The van der Waals surface area contributed by atoms with Crippen LogP contribution in [-0.4, -0.2) is 35.8 Å². The Morgan fingerprint density at radius 2 is 1.62 bits per heavy atom. The summed E-state index contributed by atoms with van der Waals surface area (Å²) in [5.41, 5.74) is 1.80. The Morgan fingerprint density at radius 3 is 2.32 bits per heavy atom. The van der Waals surface area contributed by atoms with Crippen LogP contribution in [0.15, 0.2) is 42.7 Å². The summed E-state index contributed by atoms with van der Waals surface area (Å²) in [4.78, 5) is 23.7. The van der Waals surface area contributed by atoms with E-state index in [0.29, 0.717) is 18.7 Å². The lowest BCUT2D eigenvalue weighted by atomic mass is 10.0. The van der Waals surface area contributed by atoms with Crippen molar-refractivity contribution in [1.29, 1.82) is 0 Å². The third-order valence-corrected chi connectivity index (χ3v) is 5.64. The molecule has 0 saturated carbocycles. The molecule has 0 aliphatic heterocycles. The Labute approximate surface area is 204 Å². The third kappa shape index (κ3) is 10.9. The van der Waals surface area contributed by atoms with Crippen LogP contribution in [0.25, 0.3) is 0 Å². The van der Waals surface area contributed by atoms with Gasteiger partial charge in [0.15, 0.2) is 6.10 Å². The van der Waals surface area contributed by atoms with Crippen molar-refractivity contribution in [2.24, 2.45) is 0 Å². The number of aryl methyl sites for hydroxylation is 1. The molecule has 2 rings (SSSR count). The molecule has 0 radical (unpaired) electrons. The molecule has 0 amide bonds. The van der Waals surface area contributed by atoms with Crippen molar-refractivity contribution >= 4 is 11.9 Å². The second-order valence-corrected chi connectivity index (χ2v) is 8.79. The molecule has 6 heteroatoms. The molecule has 0 aliphatic rings. The van der Waals surface area contributed by atoms with E-state index in [9.17, 15) is 9.59 Å². The first-order valence-corrected chi connectivity index (χ1v) is 12.7. The summed E-state index contributed by atoms with van der Waals surface area (Å²) in [5, 5.41) is 0. The Bertz CT molecular complexity index is 843. The number of rotatable bonds is 17. The number of carbonyl (C=O) groups excluding carboxylic acids is 2. The van der Waals surface area contributed by atoms with E-state index in [0.717, 1.165) is 25.0 Å². The van der Waals surface area contributed by atoms with Gasteiger partial charge in [-0.1, -0.05) is 64.5 Å². The molecule has 0 bridgehead atoms. The topological polar surface area (TPSA) is 66.8 Å². The summed E-state index contributed by atoms with van der Waals surface area (Å²) >= 11 is 0. The standard InChI is InChI=1S/C28H41NO5/c1-4-6-8-9-10-11-12-24-13-15-26(16-14-24)33-22-27(34-23(3)30)21-29-18-17-25(20-29)28(31)32-19-7-5-2/h13-18,20,27H,4-12,19,21-22H2,1-3H3. The Balaban J connectivity index is 1.81. The van der Waals surface area contributed by atoms with Gasteiger partial charge in [-0.25, -0.2) is 4.79 Å². The van der Waals surface area contributed by atoms with Crippen molar-refractivity contribution in [3.63, 3.8) is 0 Å². The highest BCUT2D eigenvalue weighted by Crippen LogP contribution is 2.16. The van der Waals surface area contributed by atoms with E-state index in [1.165, 1.54) is 51.0 Å². The maximum absolute atomic E-state index is 12.1. The lowest BCUT2D eigenvalue weighted by molar-refractivity contribution is -0.148. The van der Waals surface area contributed by atoms with Crippen LogP contribution in [0.2, 0.25) is 0 Å². The van der Waals surface area contributed by atoms with Gasteiger partial charge in [-0.3, -0.25) is 4.79 Å². The van der Waals surface area contributed by atoms with E-state index in [1.54, 1.807) is 18.5 Å². The fraction of sp³-hybridized carbons (Fsp3) is 0.571. The highest BCUT2D eigenvalue weighted by Gasteiger charge is 2.16. The van der Waals surface area contributed by atoms with E-state index < -0.39 is 6.10 Å². The lowest BCUT2D eigenvalue weighted by Gasteiger charge is -2.18. The van der Waals surface area contributed by atoms with Crippen LogP contribution < -0.4 is 4.74 Å². The monoisotopic (exact) mass is 471 g/mol. The number of nitrogens with zero attached hydrogens (tertiary/aromatic N) is 1. The summed E-state index contributed by atoms with van der Waals surface area (Å²) in [6, 6.07) is 9.85. The van der Waals surface area contributed by atoms with Crippen LogP contribution >= 0.6 is 0 Å². The molecule has 1 aromatic heterocycles. The average molecular weight is 472 g/mol. The average Bonchev–Trinajstić information content (AvgIpc) is 3.29. The lowest BCUT2D eigenvalue weighted by Crippen LogP contribution is -2.28. The van der Waals surface area contributed by atoms with Gasteiger partial charge in [-0.2, -0.15) is 0 Å². The maximum atomic E-state index is 12.1. The SMILES string of the molecule is CCCCCCCCc1ccc(OCC(Cn2ccc(C(=O)OCCCC)c2)OC(C)=O)cc1. The second-order valence-electron chi connectivity index (χ2n) is 8.79. The number of carbonyl (C=O) groups is 2. The van der Waals surface area contributed by atoms with Gasteiger partial charge >= 0.3 is 11.9 Å². The quantitative estimate of drug-likeness (QED) is 0.198. The molecule has 2 aromatic rings. The minimum absolute atomic E-state index is 0.227. The summed E-state index contributed by atoms with van der Waals surface area (Å²) in [6.45, 7) is 6.70. The molecule has 0 aliphatic carbocycles. The molecular formula is C28H41NO5. The number of unbranched alkanes of at least 4 members (excludes halogenated alkanes) is 6. The van der Waals surface area contributed by atoms with Crippen molar-refractivity contribution in [1.82, 2.24) is 4.57 Å². The molecule has 188 valence electrons. The van der Waals surface area contributed by atoms with E-state index in [4.69, 9.17) is 14.2 Å².